The average molecular weight is 253 g/mol. The Bertz CT molecular complexity index is 372. The summed E-state index contributed by atoms with van der Waals surface area (Å²) in [5.74, 6) is 1.49. The summed E-state index contributed by atoms with van der Waals surface area (Å²) in [6, 6.07) is 5.84. The predicted octanol–water partition coefficient (Wildman–Crippen LogP) is 1.95. The van der Waals surface area contributed by atoms with Gasteiger partial charge in [0, 0.05) is 13.1 Å². The van der Waals surface area contributed by atoms with Crippen LogP contribution in [-0.4, -0.2) is 31.0 Å². The molecule has 1 aromatic rings. The molecule has 0 unspecified atom stereocenters. The standard InChI is InChI=1S/C14H23NO3/c1-5-18-13-8-11(6-7-12(13)17-4)9-15-10-14(2,3)16/h6-8,15-16H,5,9-10H2,1-4H3. The first-order valence-corrected chi connectivity index (χ1v) is 6.19. The number of nitrogens with one attached hydrogen (secondary N) is 1. The van der Waals surface area contributed by atoms with E-state index in [9.17, 15) is 5.11 Å². The fourth-order valence-corrected chi connectivity index (χ4v) is 1.61. The molecular formula is C14H23NO3. The number of rotatable bonds is 7. The molecule has 0 saturated carbocycles. The SMILES string of the molecule is CCOc1cc(CNCC(C)(C)O)ccc1OC. The van der Waals surface area contributed by atoms with Gasteiger partial charge in [-0.05, 0) is 38.5 Å². The molecule has 0 aliphatic rings. The molecule has 0 aromatic heterocycles. The summed E-state index contributed by atoms with van der Waals surface area (Å²) in [5.41, 5.74) is 0.401. The van der Waals surface area contributed by atoms with Crippen molar-refractivity contribution in [3.63, 3.8) is 0 Å². The van der Waals surface area contributed by atoms with Gasteiger partial charge in [-0.15, -0.1) is 0 Å². The fraction of sp³-hybridized carbons (Fsp3) is 0.571. The first kappa shape index (κ1) is 14.8. The molecule has 102 valence electrons. The van der Waals surface area contributed by atoms with Crippen molar-refractivity contribution in [2.45, 2.75) is 32.9 Å². The highest BCUT2D eigenvalue weighted by Crippen LogP contribution is 2.27. The molecule has 1 aromatic carbocycles. The molecule has 0 atom stereocenters. The second-order valence-electron chi connectivity index (χ2n) is 4.83. The van der Waals surface area contributed by atoms with E-state index in [-0.39, 0.29) is 0 Å². The maximum Gasteiger partial charge on any atom is 0.161 e. The zero-order valence-electron chi connectivity index (χ0n) is 11.6. The number of aliphatic hydroxyl groups is 1. The lowest BCUT2D eigenvalue weighted by Gasteiger charge is -2.18. The van der Waals surface area contributed by atoms with E-state index in [1.807, 2.05) is 25.1 Å². The van der Waals surface area contributed by atoms with Crippen LogP contribution < -0.4 is 14.8 Å². The Labute approximate surface area is 109 Å². The molecule has 0 fully saturated rings. The van der Waals surface area contributed by atoms with E-state index >= 15 is 0 Å². The van der Waals surface area contributed by atoms with Crippen LogP contribution in [0.4, 0.5) is 0 Å². The fourth-order valence-electron chi connectivity index (χ4n) is 1.61. The molecule has 0 aliphatic heterocycles. The van der Waals surface area contributed by atoms with E-state index < -0.39 is 5.60 Å². The van der Waals surface area contributed by atoms with Crippen molar-refractivity contribution in [3.05, 3.63) is 23.8 Å². The van der Waals surface area contributed by atoms with Crippen LogP contribution >= 0.6 is 0 Å². The topological polar surface area (TPSA) is 50.7 Å². The van der Waals surface area contributed by atoms with Gasteiger partial charge in [-0.3, -0.25) is 0 Å². The van der Waals surface area contributed by atoms with Crippen LogP contribution in [0.2, 0.25) is 0 Å². The minimum Gasteiger partial charge on any atom is -0.493 e. The monoisotopic (exact) mass is 253 g/mol. The van der Waals surface area contributed by atoms with Gasteiger partial charge in [0.05, 0.1) is 19.3 Å². The number of benzene rings is 1. The van der Waals surface area contributed by atoms with Crippen LogP contribution in [0.5, 0.6) is 11.5 Å². The van der Waals surface area contributed by atoms with Crippen molar-refractivity contribution < 1.29 is 14.6 Å². The molecule has 1 rings (SSSR count). The summed E-state index contributed by atoms with van der Waals surface area (Å²) in [5, 5.41) is 12.8. The van der Waals surface area contributed by atoms with E-state index in [1.165, 1.54) is 0 Å². The van der Waals surface area contributed by atoms with Crippen molar-refractivity contribution in [3.8, 4) is 11.5 Å². The lowest BCUT2D eigenvalue weighted by atomic mass is 10.1. The second-order valence-corrected chi connectivity index (χ2v) is 4.83. The summed E-state index contributed by atoms with van der Waals surface area (Å²) in [4.78, 5) is 0. The smallest absolute Gasteiger partial charge is 0.161 e. The van der Waals surface area contributed by atoms with Gasteiger partial charge in [0.1, 0.15) is 0 Å². The zero-order valence-corrected chi connectivity index (χ0v) is 11.6. The minimum atomic E-state index is -0.699. The van der Waals surface area contributed by atoms with Gasteiger partial charge >= 0.3 is 0 Å². The third-order valence-corrected chi connectivity index (χ3v) is 2.41. The molecule has 18 heavy (non-hydrogen) atoms. The van der Waals surface area contributed by atoms with Crippen molar-refractivity contribution in [1.29, 1.82) is 0 Å². The van der Waals surface area contributed by atoms with Gasteiger partial charge in [0.2, 0.25) is 0 Å². The molecule has 0 saturated heterocycles. The molecule has 0 aliphatic carbocycles. The highest BCUT2D eigenvalue weighted by atomic mass is 16.5. The van der Waals surface area contributed by atoms with E-state index in [0.29, 0.717) is 19.7 Å². The summed E-state index contributed by atoms with van der Waals surface area (Å²) in [6.07, 6.45) is 0. The van der Waals surface area contributed by atoms with Crippen molar-refractivity contribution in [2.75, 3.05) is 20.3 Å². The van der Waals surface area contributed by atoms with Gasteiger partial charge < -0.3 is 19.9 Å². The molecule has 0 heterocycles. The highest BCUT2D eigenvalue weighted by Gasteiger charge is 2.11. The second kappa shape index (κ2) is 6.61. The summed E-state index contributed by atoms with van der Waals surface area (Å²) in [6.45, 7) is 7.34. The van der Waals surface area contributed by atoms with Gasteiger partial charge in [-0.2, -0.15) is 0 Å². The molecule has 2 N–H and O–H groups in total. The lowest BCUT2D eigenvalue weighted by Crippen LogP contribution is -2.34. The molecule has 4 nitrogen and oxygen atoms in total. The van der Waals surface area contributed by atoms with Crippen molar-refractivity contribution >= 4 is 0 Å². The molecule has 0 bridgehead atoms. The Morgan fingerprint density at radius 1 is 1.28 bits per heavy atom. The number of hydrogen-bond acceptors (Lipinski definition) is 4. The normalized spacial score (nSPS) is 11.4. The Morgan fingerprint density at radius 3 is 2.56 bits per heavy atom. The summed E-state index contributed by atoms with van der Waals surface area (Å²) >= 11 is 0. The first-order chi connectivity index (χ1) is 8.46. The number of ether oxygens (including phenoxy) is 2. The van der Waals surface area contributed by atoms with Crippen LogP contribution in [0.3, 0.4) is 0 Å². The van der Waals surface area contributed by atoms with E-state index in [0.717, 1.165) is 17.1 Å². The van der Waals surface area contributed by atoms with Crippen LogP contribution in [0.15, 0.2) is 18.2 Å². The molecule has 0 radical (unpaired) electrons. The van der Waals surface area contributed by atoms with Gasteiger partial charge in [0.25, 0.3) is 0 Å². The van der Waals surface area contributed by atoms with Crippen molar-refractivity contribution in [2.24, 2.45) is 0 Å². The number of hydrogen-bond donors (Lipinski definition) is 2. The van der Waals surface area contributed by atoms with Gasteiger partial charge in [-0.25, -0.2) is 0 Å². The lowest BCUT2D eigenvalue weighted by molar-refractivity contribution is 0.0795. The zero-order chi connectivity index (χ0) is 13.6. The van der Waals surface area contributed by atoms with E-state index in [4.69, 9.17) is 9.47 Å². The molecule has 4 heteroatoms. The maximum absolute atomic E-state index is 9.61. The Balaban J connectivity index is 2.64. The Morgan fingerprint density at radius 2 is 2.00 bits per heavy atom. The molecule has 0 spiro atoms. The largest absolute Gasteiger partial charge is 0.493 e. The third-order valence-electron chi connectivity index (χ3n) is 2.41. The van der Waals surface area contributed by atoms with Crippen LogP contribution in [0.1, 0.15) is 26.3 Å². The quantitative estimate of drug-likeness (QED) is 0.780. The maximum atomic E-state index is 9.61. The molecular weight excluding hydrogens is 230 g/mol. The van der Waals surface area contributed by atoms with Gasteiger partial charge in [-0.1, -0.05) is 6.07 Å². The Kier molecular flexibility index (Phi) is 5.44. The van der Waals surface area contributed by atoms with Crippen LogP contribution in [0.25, 0.3) is 0 Å². The van der Waals surface area contributed by atoms with Crippen LogP contribution in [0, 0.1) is 0 Å². The van der Waals surface area contributed by atoms with Gasteiger partial charge in [0.15, 0.2) is 11.5 Å². The first-order valence-electron chi connectivity index (χ1n) is 6.19. The summed E-state index contributed by atoms with van der Waals surface area (Å²) < 4.78 is 10.7. The molecule has 0 amide bonds. The highest BCUT2D eigenvalue weighted by molar-refractivity contribution is 5.42. The third kappa shape index (κ3) is 4.94. The minimum absolute atomic E-state index is 0.545. The predicted molar refractivity (Wildman–Crippen MR) is 72.2 cm³/mol. The van der Waals surface area contributed by atoms with Crippen LogP contribution in [-0.2, 0) is 6.54 Å². The average Bonchev–Trinajstić information content (AvgIpc) is 2.28. The van der Waals surface area contributed by atoms with E-state index in [2.05, 4.69) is 5.32 Å². The van der Waals surface area contributed by atoms with Crippen molar-refractivity contribution in [1.82, 2.24) is 5.32 Å². The van der Waals surface area contributed by atoms with E-state index in [1.54, 1.807) is 21.0 Å². The number of methoxy groups -OCH3 is 1. The Hall–Kier alpha value is -1.26. The summed E-state index contributed by atoms with van der Waals surface area (Å²) in [7, 11) is 1.63.